The largest absolute Gasteiger partial charge is 0.478 e. The molecule has 19 heavy (non-hydrogen) atoms. The van der Waals surface area contributed by atoms with Crippen LogP contribution in [0.1, 0.15) is 28.8 Å². The van der Waals surface area contributed by atoms with E-state index in [0.717, 1.165) is 18.4 Å². The Hall–Kier alpha value is -1.88. The number of hydrogen-bond acceptors (Lipinski definition) is 3. The molecule has 1 fully saturated rings. The van der Waals surface area contributed by atoms with Crippen LogP contribution in [0.2, 0.25) is 0 Å². The second-order valence-corrected chi connectivity index (χ2v) is 4.70. The van der Waals surface area contributed by atoms with E-state index in [1.165, 1.54) is 0 Å². The van der Waals surface area contributed by atoms with Crippen LogP contribution in [0, 0.1) is 0 Å². The summed E-state index contributed by atoms with van der Waals surface area (Å²) in [5.74, 6) is -0.963. The highest BCUT2D eigenvalue weighted by Crippen LogP contribution is 2.15. The monoisotopic (exact) mass is 263 g/mol. The Balaban J connectivity index is 1.96. The second-order valence-electron chi connectivity index (χ2n) is 4.70. The van der Waals surface area contributed by atoms with Crippen LogP contribution in [0.5, 0.6) is 0 Å². The van der Waals surface area contributed by atoms with Gasteiger partial charge in [0, 0.05) is 20.2 Å². The molecule has 1 amide bonds. The molecular weight excluding hydrogens is 246 g/mol. The number of hydrogen-bond donors (Lipinski definition) is 1. The van der Waals surface area contributed by atoms with Crippen LogP contribution in [0.3, 0.4) is 0 Å². The summed E-state index contributed by atoms with van der Waals surface area (Å²) in [5, 5.41) is 8.81. The van der Waals surface area contributed by atoms with Crippen molar-refractivity contribution in [3.05, 3.63) is 35.4 Å². The lowest BCUT2D eigenvalue weighted by molar-refractivity contribution is -0.140. The highest BCUT2D eigenvalue weighted by atomic mass is 16.5. The Morgan fingerprint density at radius 2 is 2.05 bits per heavy atom. The standard InChI is InChI=1S/C14H17NO4/c1-15(13(16)12-3-2-8-19-12)9-10-4-6-11(7-5-10)14(17)18/h4-7,12H,2-3,8-9H2,1H3,(H,17,18)/t12-/m0/s1. The van der Waals surface area contributed by atoms with Crippen LogP contribution in [-0.2, 0) is 16.1 Å². The minimum absolute atomic E-state index is 0.0141. The molecule has 1 N–H and O–H groups in total. The van der Waals surface area contributed by atoms with Crippen LogP contribution < -0.4 is 0 Å². The van der Waals surface area contributed by atoms with Gasteiger partial charge in [-0.15, -0.1) is 0 Å². The fourth-order valence-corrected chi connectivity index (χ4v) is 2.12. The van der Waals surface area contributed by atoms with Gasteiger partial charge in [0.15, 0.2) is 0 Å². The van der Waals surface area contributed by atoms with E-state index in [1.54, 1.807) is 36.2 Å². The third kappa shape index (κ3) is 3.32. The van der Waals surface area contributed by atoms with E-state index in [4.69, 9.17) is 9.84 Å². The Labute approximate surface area is 111 Å². The molecule has 1 aliphatic heterocycles. The summed E-state index contributed by atoms with van der Waals surface area (Å²) in [4.78, 5) is 24.4. The first-order chi connectivity index (χ1) is 9.08. The van der Waals surface area contributed by atoms with Crippen molar-refractivity contribution in [2.24, 2.45) is 0 Å². The van der Waals surface area contributed by atoms with Gasteiger partial charge >= 0.3 is 5.97 Å². The van der Waals surface area contributed by atoms with E-state index in [9.17, 15) is 9.59 Å². The molecule has 0 spiro atoms. The second kappa shape index (κ2) is 5.84. The van der Waals surface area contributed by atoms with Gasteiger partial charge in [0.2, 0.25) is 0 Å². The molecule has 1 atom stereocenters. The van der Waals surface area contributed by atoms with Gasteiger partial charge in [-0.05, 0) is 30.5 Å². The van der Waals surface area contributed by atoms with Crippen molar-refractivity contribution >= 4 is 11.9 Å². The zero-order chi connectivity index (χ0) is 13.8. The first-order valence-electron chi connectivity index (χ1n) is 6.27. The summed E-state index contributed by atoms with van der Waals surface area (Å²) in [5.41, 5.74) is 1.15. The number of aromatic carboxylic acids is 1. The molecule has 1 saturated heterocycles. The van der Waals surface area contributed by atoms with Gasteiger partial charge in [0.05, 0.1) is 5.56 Å². The van der Waals surface area contributed by atoms with Gasteiger partial charge in [0.1, 0.15) is 6.10 Å². The lowest BCUT2D eigenvalue weighted by Gasteiger charge is -2.20. The molecule has 102 valence electrons. The Morgan fingerprint density at radius 1 is 1.37 bits per heavy atom. The fourth-order valence-electron chi connectivity index (χ4n) is 2.12. The van der Waals surface area contributed by atoms with E-state index < -0.39 is 5.97 Å². The number of nitrogens with zero attached hydrogens (tertiary/aromatic N) is 1. The molecule has 0 unspecified atom stereocenters. The molecule has 1 heterocycles. The Bertz CT molecular complexity index is 463. The number of carbonyl (C=O) groups is 2. The number of amides is 1. The highest BCUT2D eigenvalue weighted by Gasteiger charge is 2.26. The highest BCUT2D eigenvalue weighted by molar-refractivity contribution is 5.87. The fraction of sp³-hybridized carbons (Fsp3) is 0.429. The van der Waals surface area contributed by atoms with Crippen molar-refractivity contribution < 1.29 is 19.4 Å². The predicted molar refractivity (Wildman–Crippen MR) is 68.8 cm³/mol. The minimum atomic E-state index is -0.949. The zero-order valence-corrected chi connectivity index (χ0v) is 10.8. The molecule has 0 radical (unpaired) electrons. The Kier molecular flexibility index (Phi) is 4.16. The minimum Gasteiger partial charge on any atom is -0.478 e. The van der Waals surface area contributed by atoms with Crippen LogP contribution in [-0.4, -0.2) is 41.6 Å². The van der Waals surface area contributed by atoms with Crippen molar-refractivity contribution in [2.75, 3.05) is 13.7 Å². The smallest absolute Gasteiger partial charge is 0.335 e. The molecule has 1 aromatic rings. The summed E-state index contributed by atoms with van der Waals surface area (Å²) in [6.45, 7) is 1.11. The molecule has 0 aliphatic carbocycles. The topological polar surface area (TPSA) is 66.8 Å². The lowest BCUT2D eigenvalue weighted by atomic mass is 10.1. The van der Waals surface area contributed by atoms with Crippen molar-refractivity contribution in [3.8, 4) is 0 Å². The van der Waals surface area contributed by atoms with Gasteiger partial charge in [-0.25, -0.2) is 4.79 Å². The number of rotatable bonds is 4. The first-order valence-corrected chi connectivity index (χ1v) is 6.27. The van der Waals surface area contributed by atoms with Gasteiger partial charge < -0.3 is 14.7 Å². The molecule has 5 nitrogen and oxygen atoms in total. The average molecular weight is 263 g/mol. The number of carboxylic acid groups (broad SMARTS) is 1. The number of ether oxygens (including phenoxy) is 1. The molecule has 0 bridgehead atoms. The van der Waals surface area contributed by atoms with E-state index in [0.29, 0.717) is 13.2 Å². The molecular formula is C14H17NO4. The summed E-state index contributed by atoms with van der Waals surface area (Å²) in [7, 11) is 1.73. The molecule has 0 saturated carbocycles. The van der Waals surface area contributed by atoms with Gasteiger partial charge in [-0.3, -0.25) is 4.79 Å². The van der Waals surface area contributed by atoms with Gasteiger partial charge in [0.25, 0.3) is 5.91 Å². The predicted octanol–water partition coefficient (Wildman–Crippen LogP) is 1.52. The number of likely N-dealkylation sites (N-methyl/N-ethyl adjacent to an activating group) is 1. The van der Waals surface area contributed by atoms with E-state index >= 15 is 0 Å². The maximum absolute atomic E-state index is 12.0. The van der Waals surface area contributed by atoms with E-state index in [1.807, 2.05) is 0 Å². The Morgan fingerprint density at radius 3 is 2.58 bits per heavy atom. The zero-order valence-electron chi connectivity index (χ0n) is 10.8. The summed E-state index contributed by atoms with van der Waals surface area (Å²) >= 11 is 0. The van der Waals surface area contributed by atoms with Crippen LogP contribution in [0.15, 0.2) is 24.3 Å². The maximum Gasteiger partial charge on any atom is 0.335 e. The van der Waals surface area contributed by atoms with Gasteiger partial charge in [-0.1, -0.05) is 12.1 Å². The molecule has 0 aromatic heterocycles. The lowest BCUT2D eigenvalue weighted by Crippen LogP contribution is -2.35. The number of carbonyl (C=O) groups excluding carboxylic acids is 1. The molecule has 5 heteroatoms. The summed E-state index contributed by atoms with van der Waals surface area (Å²) in [6, 6.07) is 6.54. The third-order valence-corrected chi connectivity index (χ3v) is 3.20. The molecule has 1 aliphatic rings. The van der Waals surface area contributed by atoms with E-state index in [2.05, 4.69) is 0 Å². The van der Waals surface area contributed by atoms with Crippen LogP contribution >= 0.6 is 0 Å². The maximum atomic E-state index is 12.0. The van der Waals surface area contributed by atoms with Crippen molar-refractivity contribution in [3.63, 3.8) is 0 Å². The number of carboxylic acids is 1. The number of benzene rings is 1. The average Bonchev–Trinajstić information content (AvgIpc) is 2.92. The quantitative estimate of drug-likeness (QED) is 0.894. The third-order valence-electron chi connectivity index (χ3n) is 3.20. The van der Waals surface area contributed by atoms with Crippen molar-refractivity contribution in [1.82, 2.24) is 4.90 Å². The van der Waals surface area contributed by atoms with Crippen molar-refractivity contribution in [2.45, 2.75) is 25.5 Å². The van der Waals surface area contributed by atoms with Crippen LogP contribution in [0.25, 0.3) is 0 Å². The normalized spacial score (nSPS) is 18.3. The SMILES string of the molecule is CN(Cc1ccc(C(=O)O)cc1)C(=O)[C@@H]1CCCO1. The van der Waals surface area contributed by atoms with Crippen LogP contribution in [0.4, 0.5) is 0 Å². The summed E-state index contributed by atoms with van der Waals surface area (Å²) < 4.78 is 5.36. The van der Waals surface area contributed by atoms with E-state index in [-0.39, 0.29) is 17.6 Å². The first kappa shape index (κ1) is 13.5. The molecule has 2 rings (SSSR count). The van der Waals surface area contributed by atoms with Crippen molar-refractivity contribution in [1.29, 1.82) is 0 Å². The molecule has 1 aromatic carbocycles. The van der Waals surface area contributed by atoms with Gasteiger partial charge in [-0.2, -0.15) is 0 Å². The summed E-state index contributed by atoms with van der Waals surface area (Å²) in [6.07, 6.45) is 1.39.